The van der Waals surface area contributed by atoms with Crippen molar-refractivity contribution in [3.63, 3.8) is 0 Å². The van der Waals surface area contributed by atoms with E-state index in [1.54, 1.807) is 0 Å². The first-order chi connectivity index (χ1) is 5.57. The van der Waals surface area contributed by atoms with Gasteiger partial charge in [-0.25, -0.2) is 4.39 Å². The second-order valence-electron chi connectivity index (χ2n) is 2.67. The Balaban J connectivity index is 2.63. The van der Waals surface area contributed by atoms with Crippen molar-refractivity contribution in [2.24, 2.45) is 0 Å². The lowest BCUT2D eigenvalue weighted by Crippen LogP contribution is -2.56. The van der Waals surface area contributed by atoms with Crippen LogP contribution in [0.3, 0.4) is 0 Å². The monoisotopic (exact) mass is 182 g/mol. The Labute approximate surface area is 68.0 Å². The third-order valence-corrected chi connectivity index (χ3v) is 1.82. The molecular formula is C6H11FO5. The number of aliphatic hydroxyl groups is 4. The fourth-order valence-electron chi connectivity index (χ4n) is 1.06. The van der Waals surface area contributed by atoms with Crippen molar-refractivity contribution in [3.05, 3.63) is 0 Å². The van der Waals surface area contributed by atoms with Crippen LogP contribution in [-0.2, 0) is 4.74 Å². The summed E-state index contributed by atoms with van der Waals surface area (Å²) in [5, 5.41) is 35.2. The van der Waals surface area contributed by atoms with Crippen molar-refractivity contribution in [1.82, 2.24) is 0 Å². The fraction of sp³-hybridized carbons (Fsp3) is 1.00. The summed E-state index contributed by atoms with van der Waals surface area (Å²) in [6.45, 7) is -0.651. The standard InChI is InChI=1S/C6H11FO5/c7-3-2(1-8)12-6(11)5(10)4(3)9/h2-6,8-11H,1H2/t2-,3-,4-,5+,6+/m0/s1. The molecule has 12 heavy (non-hydrogen) atoms. The van der Waals surface area contributed by atoms with Crippen molar-refractivity contribution >= 4 is 0 Å². The van der Waals surface area contributed by atoms with Crippen LogP contribution in [0.5, 0.6) is 0 Å². The number of hydrogen-bond donors (Lipinski definition) is 4. The predicted molar refractivity (Wildman–Crippen MR) is 34.9 cm³/mol. The summed E-state index contributed by atoms with van der Waals surface area (Å²) in [5.41, 5.74) is 0. The second kappa shape index (κ2) is 3.63. The molecule has 5 nitrogen and oxygen atoms in total. The van der Waals surface area contributed by atoms with Crippen LogP contribution in [0.1, 0.15) is 0 Å². The summed E-state index contributed by atoms with van der Waals surface area (Å²) >= 11 is 0. The van der Waals surface area contributed by atoms with Gasteiger partial charge < -0.3 is 25.2 Å². The Morgan fingerprint density at radius 3 is 2.25 bits per heavy atom. The molecule has 0 aliphatic carbocycles. The topological polar surface area (TPSA) is 90.2 Å². The fourth-order valence-corrected chi connectivity index (χ4v) is 1.06. The Hall–Kier alpha value is -0.270. The zero-order chi connectivity index (χ0) is 9.30. The van der Waals surface area contributed by atoms with Crippen molar-refractivity contribution in [2.45, 2.75) is 30.8 Å². The highest BCUT2D eigenvalue weighted by molar-refractivity contribution is 4.88. The maximum Gasteiger partial charge on any atom is 0.184 e. The van der Waals surface area contributed by atoms with Crippen molar-refractivity contribution in [2.75, 3.05) is 6.61 Å². The smallest absolute Gasteiger partial charge is 0.184 e. The van der Waals surface area contributed by atoms with Crippen LogP contribution >= 0.6 is 0 Å². The molecule has 5 atom stereocenters. The molecule has 1 rings (SSSR count). The van der Waals surface area contributed by atoms with E-state index in [1.807, 2.05) is 0 Å². The number of ether oxygens (including phenoxy) is 1. The van der Waals surface area contributed by atoms with Gasteiger partial charge >= 0.3 is 0 Å². The minimum Gasteiger partial charge on any atom is -0.394 e. The van der Waals surface area contributed by atoms with Crippen LogP contribution < -0.4 is 0 Å². The van der Waals surface area contributed by atoms with Gasteiger partial charge in [-0.1, -0.05) is 0 Å². The van der Waals surface area contributed by atoms with Crippen LogP contribution in [0, 0.1) is 0 Å². The highest BCUT2D eigenvalue weighted by Gasteiger charge is 2.43. The molecule has 6 heteroatoms. The Bertz CT molecular complexity index is 150. The minimum absolute atomic E-state index is 0.651. The van der Waals surface area contributed by atoms with E-state index in [4.69, 9.17) is 20.4 Å². The normalized spacial score (nSPS) is 49.2. The van der Waals surface area contributed by atoms with E-state index < -0.39 is 37.4 Å². The summed E-state index contributed by atoms with van der Waals surface area (Å²) in [4.78, 5) is 0. The summed E-state index contributed by atoms with van der Waals surface area (Å²) in [6.07, 6.45) is -8.19. The summed E-state index contributed by atoms with van der Waals surface area (Å²) in [6, 6.07) is 0. The van der Waals surface area contributed by atoms with Gasteiger partial charge in [0.1, 0.15) is 18.3 Å². The first kappa shape index (κ1) is 9.82. The van der Waals surface area contributed by atoms with E-state index >= 15 is 0 Å². The summed E-state index contributed by atoms with van der Waals surface area (Å²) in [7, 11) is 0. The molecule has 0 aromatic carbocycles. The third kappa shape index (κ3) is 1.57. The predicted octanol–water partition coefficient (Wildman–Crippen LogP) is -2.24. The van der Waals surface area contributed by atoms with Gasteiger partial charge in [0.15, 0.2) is 12.5 Å². The molecule has 0 saturated carbocycles. The lowest BCUT2D eigenvalue weighted by atomic mass is 10.0. The van der Waals surface area contributed by atoms with E-state index in [0.29, 0.717) is 0 Å². The first-order valence-electron chi connectivity index (χ1n) is 3.52. The molecule has 72 valence electrons. The number of alkyl halides is 1. The van der Waals surface area contributed by atoms with Gasteiger partial charge in [0, 0.05) is 0 Å². The molecule has 0 unspecified atom stereocenters. The molecule has 0 aromatic rings. The molecular weight excluding hydrogens is 171 g/mol. The molecule has 0 spiro atoms. The number of aliphatic hydroxyl groups excluding tert-OH is 4. The second-order valence-corrected chi connectivity index (χ2v) is 2.67. The maximum absolute atomic E-state index is 12.9. The zero-order valence-electron chi connectivity index (χ0n) is 6.17. The molecule has 0 radical (unpaired) electrons. The van der Waals surface area contributed by atoms with Crippen molar-refractivity contribution < 1.29 is 29.6 Å². The van der Waals surface area contributed by atoms with E-state index in [0.717, 1.165) is 0 Å². The average molecular weight is 182 g/mol. The number of rotatable bonds is 1. The number of halogens is 1. The Morgan fingerprint density at radius 2 is 1.75 bits per heavy atom. The van der Waals surface area contributed by atoms with Crippen molar-refractivity contribution in [3.8, 4) is 0 Å². The van der Waals surface area contributed by atoms with Gasteiger partial charge in [0.2, 0.25) is 0 Å². The molecule has 1 fully saturated rings. The van der Waals surface area contributed by atoms with E-state index in [9.17, 15) is 4.39 Å². The molecule has 1 aliphatic rings. The maximum atomic E-state index is 12.9. The van der Waals surface area contributed by atoms with Gasteiger partial charge in [0.25, 0.3) is 0 Å². The summed E-state index contributed by atoms with van der Waals surface area (Å²) < 4.78 is 17.3. The van der Waals surface area contributed by atoms with Crippen LogP contribution in [-0.4, -0.2) is 57.8 Å². The van der Waals surface area contributed by atoms with Crippen LogP contribution in [0.15, 0.2) is 0 Å². The van der Waals surface area contributed by atoms with Gasteiger partial charge in [-0.05, 0) is 0 Å². The van der Waals surface area contributed by atoms with Gasteiger partial charge in [-0.15, -0.1) is 0 Å². The molecule has 1 heterocycles. The highest BCUT2D eigenvalue weighted by atomic mass is 19.1. The first-order valence-corrected chi connectivity index (χ1v) is 3.52. The van der Waals surface area contributed by atoms with E-state index in [1.165, 1.54) is 0 Å². The Kier molecular flexibility index (Phi) is 2.97. The lowest BCUT2D eigenvalue weighted by molar-refractivity contribution is -0.274. The molecule has 1 aliphatic heterocycles. The van der Waals surface area contributed by atoms with Crippen LogP contribution in [0.4, 0.5) is 4.39 Å². The number of hydrogen-bond acceptors (Lipinski definition) is 5. The van der Waals surface area contributed by atoms with Crippen LogP contribution in [0.25, 0.3) is 0 Å². The molecule has 0 amide bonds. The largest absolute Gasteiger partial charge is 0.394 e. The van der Waals surface area contributed by atoms with Crippen LogP contribution in [0.2, 0.25) is 0 Å². The van der Waals surface area contributed by atoms with Gasteiger partial charge in [-0.2, -0.15) is 0 Å². The van der Waals surface area contributed by atoms with Gasteiger partial charge in [-0.3, -0.25) is 0 Å². The molecule has 0 bridgehead atoms. The average Bonchev–Trinajstić information content (AvgIpc) is 2.08. The SMILES string of the molecule is OC[C@@H]1O[C@@H](O)[C@H](O)[C@@H](O)[C@H]1F. The molecule has 1 saturated heterocycles. The molecule has 0 aromatic heterocycles. The van der Waals surface area contributed by atoms with E-state index in [2.05, 4.69) is 4.74 Å². The summed E-state index contributed by atoms with van der Waals surface area (Å²) in [5.74, 6) is 0. The zero-order valence-corrected chi connectivity index (χ0v) is 6.17. The lowest BCUT2D eigenvalue weighted by Gasteiger charge is -2.36. The minimum atomic E-state index is -1.88. The van der Waals surface area contributed by atoms with Crippen molar-refractivity contribution in [1.29, 1.82) is 0 Å². The Morgan fingerprint density at radius 1 is 1.17 bits per heavy atom. The molecule has 4 N–H and O–H groups in total. The third-order valence-electron chi connectivity index (χ3n) is 1.82. The van der Waals surface area contributed by atoms with E-state index in [-0.39, 0.29) is 0 Å². The quantitative estimate of drug-likeness (QED) is 0.368. The highest BCUT2D eigenvalue weighted by Crippen LogP contribution is 2.21. The van der Waals surface area contributed by atoms with Gasteiger partial charge in [0.05, 0.1) is 6.61 Å².